The molecule has 0 spiro atoms. The van der Waals surface area contributed by atoms with Gasteiger partial charge in [0.2, 0.25) is 0 Å². The number of pyridine rings is 1. The molecule has 0 saturated heterocycles. The van der Waals surface area contributed by atoms with Crippen LogP contribution >= 0.6 is 0 Å². The minimum atomic E-state index is -2.32. The monoisotopic (exact) mass is 841 g/mol. The molecule has 0 aliphatic rings. The van der Waals surface area contributed by atoms with Gasteiger partial charge in [-0.3, -0.25) is 9.37 Å². The number of imidazole rings is 1. The Labute approximate surface area is 309 Å². The van der Waals surface area contributed by atoms with Crippen molar-refractivity contribution in [1.82, 2.24) is 24.7 Å². The number of benzene rings is 4. The second-order valence-electron chi connectivity index (χ2n) is 12.6. The van der Waals surface area contributed by atoms with Crippen LogP contribution in [0.5, 0.6) is 0 Å². The molecule has 4 aromatic carbocycles. The fourth-order valence-corrected chi connectivity index (χ4v) is 6.12. The van der Waals surface area contributed by atoms with Crippen molar-refractivity contribution in [1.29, 1.82) is 0 Å². The molecule has 0 atom stereocenters. The van der Waals surface area contributed by atoms with E-state index < -0.39 is 12.7 Å². The molecule has 0 unspecified atom stereocenters. The van der Waals surface area contributed by atoms with Crippen LogP contribution in [0.3, 0.4) is 0 Å². The van der Waals surface area contributed by atoms with Gasteiger partial charge in [0.1, 0.15) is 11.1 Å². The zero-order valence-corrected chi connectivity index (χ0v) is 30.6. The van der Waals surface area contributed by atoms with E-state index in [0.29, 0.717) is 17.5 Å². The maximum atomic E-state index is 13.8. The van der Waals surface area contributed by atoms with Gasteiger partial charge in [0.05, 0.1) is 17.6 Å². The van der Waals surface area contributed by atoms with Crippen LogP contribution in [0.1, 0.15) is 65.9 Å². The minimum Gasteiger partial charge on any atom is -0.501 e. The average Bonchev–Trinajstić information content (AvgIpc) is 3.70. The molecule has 0 N–H and O–H groups in total. The molecule has 0 fully saturated rings. The number of rotatable bonds is 5. The third-order valence-corrected chi connectivity index (χ3v) is 8.52. The number of halogens is 1. The molecule has 253 valence electrons. The van der Waals surface area contributed by atoms with E-state index in [1.165, 1.54) is 17.2 Å². The molecule has 0 aliphatic heterocycles. The molecule has 0 amide bonds. The van der Waals surface area contributed by atoms with Gasteiger partial charge in [-0.25, -0.2) is 0 Å². The van der Waals surface area contributed by atoms with Crippen molar-refractivity contribution in [3.63, 3.8) is 0 Å². The Morgan fingerprint density at radius 2 is 1.64 bits per heavy atom. The number of para-hydroxylation sites is 2. The first-order valence-electron chi connectivity index (χ1n) is 17.7. The molecule has 4 aromatic heterocycles. The van der Waals surface area contributed by atoms with Gasteiger partial charge in [-0.05, 0) is 53.3 Å². The Kier molecular flexibility index (Phi) is 8.95. The largest absolute Gasteiger partial charge is 0.501 e. The van der Waals surface area contributed by atoms with Crippen LogP contribution in [0, 0.1) is 31.7 Å². The van der Waals surface area contributed by atoms with Gasteiger partial charge in [0.25, 0.3) is 0 Å². The molecule has 1 radical (unpaired) electrons. The van der Waals surface area contributed by atoms with E-state index >= 15 is 0 Å². The number of aromatic nitrogens is 5. The quantitative estimate of drug-likeness (QED) is 0.162. The summed E-state index contributed by atoms with van der Waals surface area (Å²) in [5.41, 5.74) is 9.11. The van der Waals surface area contributed by atoms with Gasteiger partial charge >= 0.3 is 0 Å². The predicted molar refractivity (Wildman–Crippen MR) is 194 cm³/mol. The topological polar surface area (TPSA) is 69.6 Å². The van der Waals surface area contributed by atoms with Gasteiger partial charge < -0.3 is 14.0 Å². The Hall–Kier alpha value is -5.04. The predicted octanol–water partition coefficient (Wildman–Crippen LogP) is 10.7. The van der Waals surface area contributed by atoms with Crippen LogP contribution in [0.4, 0.5) is 4.39 Å². The summed E-state index contributed by atoms with van der Waals surface area (Å²) in [4.78, 5) is 9.14. The fraction of sp³-hybridized carbons (Fsp3) is 0.190. The van der Waals surface area contributed by atoms with Gasteiger partial charge in [-0.2, -0.15) is 5.10 Å². The number of fused-ring (bicyclic) bond motifs is 4. The van der Waals surface area contributed by atoms with E-state index in [4.69, 9.17) is 13.5 Å². The number of aryl methyl sites for hydroxylation is 2. The second kappa shape index (κ2) is 14.4. The first kappa shape index (κ1) is 31.0. The smallest absolute Gasteiger partial charge is 0.178 e. The Bertz CT molecular complexity index is 2530. The van der Waals surface area contributed by atoms with E-state index in [1.807, 2.05) is 43.3 Å². The number of nitrogens with zero attached hydrogens (tertiary/aromatic N) is 5. The third-order valence-electron chi connectivity index (χ3n) is 8.52. The summed E-state index contributed by atoms with van der Waals surface area (Å²) < 4.78 is 44.0. The number of furan rings is 1. The van der Waals surface area contributed by atoms with Crippen LogP contribution in [-0.2, 0) is 20.1 Å². The van der Waals surface area contributed by atoms with Gasteiger partial charge in [0.15, 0.2) is 5.65 Å². The van der Waals surface area contributed by atoms with Crippen LogP contribution in [0.15, 0.2) is 102 Å². The molecular weight excluding hydrogens is 802 g/mol. The molecular formula is C42H36FIrN5O-2. The van der Waals surface area contributed by atoms with Crippen molar-refractivity contribution in [3.05, 3.63) is 138 Å². The van der Waals surface area contributed by atoms with Crippen LogP contribution in [0.25, 0.3) is 61.4 Å². The molecule has 0 saturated carbocycles. The molecule has 8 aromatic rings. The Balaban J connectivity index is 0.000000215. The number of hydrogen-bond acceptors (Lipinski definition) is 5. The molecule has 8 heteroatoms. The number of hydrogen-bond donors (Lipinski definition) is 0. The first-order chi connectivity index (χ1) is 24.9. The van der Waals surface area contributed by atoms with E-state index in [9.17, 15) is 4.39 Å². The molecule has 6 nitrogen and oxygen atoms in total. The summed E-state index contributed by atoms with van der Waals surface area (Å²) in [6.07, 6.45) is 3.31. The third kappa shape index (κ3) is 6.49. The maximum Gasteiger partial charge on any atom is 0.178 e. The van der Waals surface area contributed by atoms with Crippen molar-refractivity contribution < 1.29 is 33.0 Å². The van der Waals surface area contributed by atoms with Crippen LogP contribution in [-0.4, -0.2) is 24.7 Å². The molecule has 50 heavy (non-hydrogen) atoms. The summed E-state index contributed by atoms with van der Waals surface area (Å²) in [5.74, 6) is 0.776. The summed E-state index contributed by atoms with van der Waals surface area (Å²) in [6, 6.07) is 32.4. The van der Waals surface area contributed by atoms with E-state index in [2.05, 4.69) is 89.9 Å². The minimum absolute atomic E-state index is 0. The SMILES string of the molecule is CC(C)c1cccc(C(C)C)c1-n1c(-c2[c-]ccc3c2oc2ccccc23)nc2ccnnc21.[2H]C([2H])([2H])c1c[c-]c(-c2ccc(C)cn2)c(F)c1.[Ir]. The van der Waals surface area contributed by atoms with E-state index in [0.717, 1.165) is 61.8 Å². The average molecular weight is 841 g/mol. The van der Waals surface area contributed by atoms with Crippen molar-refractivity contribution in [2.24, 2.45) is 0 Å². The fourth-order valence-electron chi connectivity index (χ4n) is 6.12. The summed E-state index contributed by atoms with van der Waals surface area (Å²) in [7, 11) is 0. The van der Waals surface area contributed by atoms with Gasteiger partial charge in [0, 0.05) is 47.3 Å². The summed E-state index contributed by atoms with van der Waals surface area (Å²) >= 11 is 0. The molecule has 0 aliphatic carbocycles. The van der Waals surface area contributed by atoms with Crippen molar-refractivity contribution in [2.45, 2.75) is 53.3 Å². The Morgan fingerprint density at radius 1 is 0.860 bits per heavy atom. The van der Waals surface area contributed by atoms with E-state index in [-0.39, 0.29) is 31.2 Å². The first-order valence-corrected chi connectivity index (χ1v) is 16.2. The molecule has 0 bridgehead atoms. The standard InChI is InChI=1S/C29H25N4O.C13H11FN.Ir/c1-17(2)19-10-7-11-20(18(3)4)26(19)33-28(31-24-15-16-30-32-29(24)33)23-13-8-12-22-21-9-5-6-14-25(21)34-27(22)23;1-9-3-5-11(12(14)7-9)13-6-4-10(2)8-15-13;/h5-12,14-18H,1-4H3;3-4,6-8H,1-2H3;/q2*-1;/i;1D3;. The van der Waals surface area contributed by atoms with Crippen LogP contribution in [0.2, 0.25) is 0 Å². The Morgan fingerprint density at radius 3 is 2.34 bits per heavy atom. The summed E-state index contributed by atoms with van der Waals surface area (Å²) in [5, 5.41) is 10.9. The summed E-state index contributed by atoms with van der Waals surface area (Å²) in [6.45, 7) is 8.45. The van der Waals surface area contributed by atoms with Gasteiger partial charge in [-0.15, -0.1) is 47.1 Å². The van der Waals surface area contributed by atoms with Gasteiger partial charge in [-0.1, -0.05) is 99.6 Å². The zero-order valence-electron chi connectivity index (χ0n) is 31.2. The van der Waals surface area contributed by atoms with Crippen molar-refractivity contribution in [2.75, 3.05) is 0 Å². The zero-order chi connectivity index (χ0) is 36.7. The maximum absolute atomic E-state index is 13.8. The molecule has 8 rings (SSSR count). The van der Waals surface area contributed by atoms with Crippen molar-refractivity contribution in [3.8, 4) is 28.3 Å². The van der Waals surface area contributed by atoms with Crippen LogP contribution < -0.4 is 0 Å². The van der Waals surface area contributed by atoms with E-state index in [1.54, 1.807) is 18.5 Å². The normalized spacial score (nSPS) is 12.4. The molecule has 4 heterocycles. The second-order valence-corrected chi connectivity index (χ2v) is 12.6. The van der Waals surface area contributed by atoms with Crippen molar-refractivity contribution >= 4 is 33.1 Å².